The smallest absolute Gasteiger partial charge is 0.0720 e. The molecule has 0 aromatic heterocycles. The SMILES string of the molecule is CC1SCCCC1(CO)Nc1ccccc1Br. The summed E-state index contributed by atoms with van der Waals surface area (Å²) in [7, 11) is 0. The second-order valence-corrected chi connectivity index (χ2v) is 6.84. The van der Waals surface area contributed by atoms with Gasteiger partial charge in [-0.15, -0.1) is 0 Å². The maximum absolute atomic E-state index is 9.77. The molecule has 2 atom stereocenters. The molecule has 0 spiro atoms. The third-order valence-electron chi connectivity index (χ3n) is 3.45. The predicted molar refractivity (Wildman–Crippen MR) is 78.7 cm³/mol. The van der Waals surface area contributed by atoms with E-state index in [4.69, 9.17) is 0 Å². The number of aliphatic hydroxyl groups is 1. The second-order valence-electron chi connectivity index (χ2n) is 4.54. The molecule has 0 amide bonds. The summed E-state index contributed by atoms with van der Waals surface area (Å²) in [6.07, 6.45) is 2.19. The molecule has 2 N–H and O–H groups in total. The van der Waals surface area contributed by atoms with Crippen LogP contribution in [0.4, 0.5) is 5.69 Å². The van der Waals surface area contributed by atoms with Crippen molar-refractivity contribution in [2.24, 2.45) is 0 Å². The fourth-order valence-electron chi connectivity index (χ4n) is 2.25. The van der Waals surface area contributed by atoms with E-state index in [1.165, 1.54) is 5.75 Å². The van der Waals surface area contributed by atoms with Crippen LogP contribution in [0.15, 0.2) is 28.7 Å². The predicted octanol–water partition coefficient (Wildman–Crippen LogP) is 3.51. The maximum Gasteiger partial charge on any atom is 0.0720 e. The van der Waals surface area contributed by atoms with Crippen LogP contribution in [0, 0.1) is 0 Å². The molecule has 1 aliphatic rings. The molecule has 1 heterocycles. The summed E-state index contributed by atoms with van der Waals surface area (Å²) >= 11 is 5.48. The van der Waals surface area contributed by atoms with Gasteiger partial charge >= 0.3 is 0 Å². The van der Waals surface area contributed by atoms with E-state index < -0.39 is 0 Å². The van der Waals surface area contributed by atoms with E-state index in [0.29, 0.717) is 5.25 Å². The molecule has 0 aliphatic carbocycles. The van der Waals surface area contributed by atoms with Crippen molar-refractivity contribution in [3.8, 4) is 0 Å². The lowest BCUT2D eigenvalue weighted by atomic mass is 9.90. The van der Waals surface area contributed by atoms with Crippen LogP contribution >= 0.6 is 27.7 Å². The van der Waals surface area contributed by atoms with Crippen LogP contribution in [0.5, 0.6) is 0 Å². The van der Waals surface area contributed by atoms with Gasteiger partial charge < -0.3 is 10.4 Å². The Bertz CT molecular complexity index is 387. The van der Waals surface area contributed by atoms with E-state index in [-0.39, 0.29) is 12.1 Å². The van der Waals surface area contributed by atoms with Gasteiger partial charge in [0, 0.05) is 15.4 Å². The first-order valence-electron chi connectivity index (χ1n) is 5.93. The minimum atomic E-state index is -0.188. The molecule has 1 fully saturated rings. The van der Waals surface area contributed by atoms with Crippen molar-refractivity contribution in [3.63, 3.8) is 0 Å². The molecule has 1 aromatic rings. The second kappa shape index (κ2) is 5.63. The Morgan fingerprint density at radius 2 is 2.29 bits per heavy atom. The molecule has 94 valence electrons. The van der Waals surface area contributed by atoms with E-state index in [9.17, 15) is 5.11 Å². The minimum absolute atomic E-state index is 0.183. The van der Waals surface area contributed by atoms with Gasteiger partial charge in [0.2, 0.25) is 0 Å². The topological polar surface area (TPSA) is 32.3 Å². The Balaban J connectivity index is 2.22. The molecule has 2 unspecified atom stereocenters. The van der Waals surface area contributed by atoms with Crippen LogP contribution < -0.4 is 5.32 Å². The molecule has 0 saturated carbocycles. The van der Waals surface area contributed by atoms with E-state index in [2.05, 4.69) is 28.2 Å². The number of hydrogen-bond donors (Lipinski definition) is 2. The zero-order valence-electron chi connectivity index (χ0n) is 9.95. The third kappa shape index (κ3) is 2.80. The number of nitrogens with one attached hydrogen (secondary N) is 1. The highest BCUT2D eigenvalue weighted by atomic mass is 79.9. The van der Waals surface area contributed by atoms with Crippen molar-refractivity contribution in [1.82, 2.24) is 0 Å². The quantitative estimate of drug-likeness (QED) is 0.895. The number of halogens is 1. The minimum Gasteiger partial charge on any atom is -0.394 e. The monoisotopic (exact) mass is 315 g/mol. The van der Waals surface area contributed by atoms with Crippen molar-refractivity contribution >= 4 is 33.4 Å². The van der Waals surface area contributed by atoms with Gasteiger partial charge in [-0.05, 0) is 46.7 Å². The van der Waals surface area contributed by atoms with Gasteiger partial charge in [-0.25, -0.2) is 0 Å². The zero-order chi connectivity index (χ0) is 12.3. The van der Waals surface area contributed by atoms with Gasteiger partial charge in [-0.2, -0.15) is 11.8 Å². The number of hydrogen-bond acceptors (Lipinski definition) is 3. The van der Waals surface area contributed by atoms with Gasteiger partial charge in [0.1, 0.15) is 0 Å². The lowest BCUT2D eigenvalue weighted by Crippen LogP contribution is -2.52. The Morgan fingerprint density at radius 3 is 2.94 bits per heavy atom. The van der Waals surface area contributed by atoms with Crippen molar-refractivity contribution in [2.75, 3.05) is 17.7 Å². The molecule has 4 heteroatoms. The number of anilines is 1. The zero-order valence-corrected chi connectivity index (χ0v) is 12.4. The van der Waals surface area contributed by atoms with Crippen molar-refractivity contribution in [3.05, 3.63) is 28.7 Å². The highest BCUT2D eigenvalue weighted by Gasteiger charge is 2.38. The van der Waals surface area contributed by atoms with Crippen LogP contribution in [0.2, 0.25) is 0 Å². The summed E-state index contributed by atoms with van der Waals surface area (Å²) < 4.78 is 1.05. The number of aliphatic hydroxyl groups excluding tert-OH is 1. The molecule has 1 aliphatic heterocycles. The summed E-state index contributed by atoms with van der Waals surface area (Å²) in [6, 6.07) is 8.08. The van der Waals surface area contributed by atoms with Crippen LogP contribution in [0.25, 0.3) is 0 Å². The van der Waals surface area contributed by atoms with Crippen molar-refractivity contribution in [2.45, 2.75) is 30.6 Å². The van der Waals surface area contributed by atoms with Crippen molar-refractivity contribution in [1.29, 1.82) is 0 Å². The summed E-state index contributed by atoms with van der Waals surface area (Å²) in [5.41, 5.74) is 0.878. The van der Waals surface area contributed by atoms with E-state index >= 15 is 0 Å². The standard InChI is InChI=1S/C13H18BrNOS/c1-10-13(9-16,7-4-8-17-10)15-12-6-3-2-5-11(12)14/h2-3,5-6,10,15-16H,4,7-9H2,1H3. The lowest BCUT2D eigenvalue weighted by Gasteiger charge is -2.42. The van der Waals surface area contributed by atoms with Crippen LogP contribution in [-0.4, -0.2) is 28.3 Å². The van der Waals surface area contributed by atoms with Crippen LogP contribution in [0.1, 0.15) is 19.8 Å². The molecule has 0 bridgehead atoms. The molecule has 1 saturated heterocycles. The Morgan fingerprint density at radius 1 is 1.53 bits per heavy atom. The maximum atomic E-state index is 9.77. The Hall–Kier alpha value is -0.190. The van der Waals surface area contributed by atoms with Gasteiger partial charge in [0.15, 0.2) is 0 Å². The fraction of sp³-hybridized carbons (Fsp3) is 0.538. The van der Waals surface area contributed by atoms with Crippen LogP contribution in [0.3, 0.4) is 0 Å². The molecule has 17 heavy (non-hydrogen) atoms. The highest BCUT2D eigenvalue weighted by Crippen LogP contribution is 2.37. The highest BCUT2D eigenvalue weighted by molar-refractivity contribution is 9.10. The van der Waals surface area contributed by atoms with E-state index in [0.717, 1.165) is 23.0 Å². The number of benzene rings is 1. The van der Waals surface area contributed by atoms with E-state index in [1.54, 1.807) is 0 Å². The number of para-hydroxylation sites is 1. The fourth-order valence-corrected chi connectivity index (χ4v) is 3.87. The lowest BCUT2D eigenvalue weighted by molar-refractivity contribution is 0.198. The largest absolute Gasteiger partial charge is 0.394 e. The van der Waals surface area contributed by atoms with Crippen molar-refractivity contribution < 1.29 is 5.11 Å². The first-order chi connectivity index (χ1) is 8.18. The van der Waals surface area contributed by atoms with Gasteiger partial charge in [-0.3, -0.25) is 0 Å². The first kappa shape index (κ1) is 13.2. The summed E-state index contributed by atoms with van der Waals surface area (Å²) in [6.45, 7) is 2.38. The summed E-state index contributed by atoms with van der Waals surface area (Å²) in [4.78, 5) is 0. The molecule has 0 radical (unpaired) electrons. The average molecular weight is 316 g/mol. The molecular weight excluding hydrogens is 298 g/mol. The summed E-state index contributed by atoms with van der Waals surface area (Å²) in [5.74, 6) is 1.19. The van der Waals surface area contributed by atoms with E-state index in [1.807, 2.05) is 36.0 Å². The molecule has 1 aromatic carbocycles. The summed E-state index contributed by atoms with van der Waals surface area (Å²) in [5, 5.41) is 13.7. The molecule has 2 nitrogen and oxygen atoms in total. The third-order valence-corrected chi connectivity index (χ3v) is 5.62. The number of rotatable bonds is 3. The van der Waals surface area contributed by atoms with Crippen LogP contribution in [-0.2, 0) is 0 Å². The molecular formula is C13H18BrNOS. The Kier molecular flexibility index (Phi) is 4.39. The normalized spacial score (nSPS) is 29.0. The Labute approximate surface area is 115 Å². The number of thioether (sulfide) groups is 1. The first-order valence-corrected chi connectivity index (χ1v) is 7.77. The van der Waals surface area contributed by atoms with Gasteiger partial charge in [0.05, 0.1) is 12.1 Å². The molecule has 2 rings (SSSR count). The van der Waals surface area contributed by atoms with Gasteiger partial charge in [-0.1, -0.05) is 19.1 Å². The average Bonchev–Trinajstić information content (AvgIpc) is 2.35. The van der Waals surface area contributed by atoms with Gasteiger partial charge in [0.25, 0.3) is 0 Å².